The Bertz CT molecular complexity index is 1090. The molecule has 0 N–H and O–H groups in total. The van der Waals surface area contributed by atoms with Crippen LogP contribution in [0.1, 0.15) is 46.0 Å². The van der Waals surface area contributed by atoms with Crippen LogP contribution in [0.4, 0.5) is 0 Å². The van der Waals surface area contributed by atoms with E-state index in [9.17, 15) is 14.4 Å². The lowest BCUT2D eigenvalue weighted by molar-refractivity contribution is -0.117. The Morgan fingerprint density at radius 1 is 1.00 bits per heavy atom. The number of nitrogens with zero attached hydrogens (tertiary/aromatic N) is 2. The highest BCUT2D eigenvalue weighted by molar-refractivity contribution is 8.14. The average Bonchev–Trinajstić information content (AvgIpc) is 3.32. The number of Topliss-reactive ketones (excluding diaryl/α,β-unsaturated/α-hetero) is 3. The number of benzene rings is 2. The number of hydrogen-bond acceptors (Lipinski definition) is 6. The van der Waals surface area contributed by atoms with Crippen molar-refractivity contribution in [3.63, 3.8) is 0 Å². The van der Waals surface area contributed by atoms with Gasteiger partial charge in [-0.1, -0.05) is 36.4 Å². The number of hydrogen-bond donors (Lipinski definition) is 0. The van der Waals surface area contributed by atoms with E-state index in [-0.39, 0.29) is 17.3 Å². The third-order valence-corrected chi connectivity index (χ3v) is 6.08. The fraction of sp³-hybridized carbons (Fsp3) is 0.261. The van der Waals surface area contributed by atoms with Crippen molar-refractivity contribution in [3.05, 3.63) is 70.3 Å². The third kappa shape index (κ3) is 4.59. The quantitative estimate of drug-likeness (QED) is 0.689. The monoisotopic (exact) mass is 404 g/mol. The van der Waals surface area contributed by atoms with E-state index in [4.69, 9.17) is 0 Å². The zero-order valence-electron chi connectivity index (χ0n) is 16.1. The second-order valence-corrected chi connectivity index (χ2v) is 8.43. The normalized spacial score (nSPS) is 15.1. The Balaban J connectivity index is 1.43. The maximum Gasteiger partial charge on any atom is 0.167 e. The molecule has 1 aliphatic heterocycles. The largest absolute Gasteiger partial charge is 0.299 e. The third-order valence-electron chi connectivity index (χ3n) is 4.97. The molecule has 2 aliphatic rings. The summed E-state index contributed by atoms with van der Waals surface area (Å²) in [7, 11) is 0. The summed E-state index contributed by atoms with van der Waals surface area (Å²) in [6.45, 7) is 1.55. The molecule has 0 amide bonds. The van der Waals surface area contributed by atoms with Crippen LogP contribution in [0.5, 0.6) is 0 Å². The molecule has 29 heavy (non-hydrogen) atoms. The fourth-order valence-electron chi connectivity index (χ4n) is 3.53. The van der Waals surface area contributed by atoms with Gasteiger partial charge in [-0.2, -0.15) is 5.10 Å². The molecule has 1 heterocycles. The number of rotatable bonds is 6. The minimum Gasteiger partial charge on any atom is -0.299 e. The zero-order valence-corrected chi connectivity index (χ0v) is 16.9. The summed E-state index contributed by atoms with van der Waals surface area (Å²) >= 11 is 1.41. The lowest BCUT2D eigenvalue weighted by atomic mass is 9.97. The summed E-state index contributed by atoms with van der Waals surface area (Å²) in [4.78, 5) is 35.6. The maximum atomic E-state index is 12.8. The van der Waals surface area contributed by atoms with Crippen molar-refractivity contribution in [2.45, 2.75) is 32.6 Å². The van der Waals surface area contributed by atoms with E-state index in [0.717, 1.165) is 33.0 Å². The van der Waals surface area contributed by atoms with Crippen molar-refractivity contribution >= 4 is 39.9 Å². The molecule has 2 aromatic carbocycles. The van der Waals surface area contributed by atoms with Crippen LogP contribution in [0.15, 0.2) is 52.7 Å². The molecule has 0 unspecified atom stereocenters. The summed E-state index contributed by atoms with van der Waals surface area (Å²) in [6.07, 6.45) is 1.85. The molecule has 0 saturated heterocycles. The van der Waals surface area contributed by atoms with Crippen molar-refractivity contribution in [2.24, 2.45) is 10.2 Å². The number of carbonyl (C=O) groups is 3. The van der Waals surface area contributed by atoms with Crippen LogP contribution in [0.3, 0.4) is 0 Å². The molecule has 0 saturated carbocycles. The van der Waals surface area contributed by atoms with Crippen LogP contribution < -0.4 is 0 Å². The van der Waals surface area contributed by atoms with Gasteiger partial charge in [-0.05, 0) is 35.2 Å². The zero-order chi connectivity index (χ0) is 20.4. The van der Waals surface area contributed by atoms with E-state index in [1.165, 1.54) is 11.8 Å². The van der Waals surface area contributed by atoms with Crippen molar-refractivity contribution in [1.82, 2.24) is 0 Å². The first kappa shape index (κ1) is 19.5. The number of carbonyl (C=O) groups excluding carboxylic acids is 3. The predicted molar refractivity (Wildman–Crippen MR) is 115 cm³/mol. The first-order valence-electron chi connectivity index (χ1n) is 9.49. The summed E-state index contributed by atoms with van der Waals surface area (Å²) in [5, 5.41) is 9.19. The van der Waals surface area contributed by atoms with Crippen LogP contribution in [0.25, 0.3) is 0 Å². The van der Waals surface area contributed by atoms with Gasteiger partial charge in [0.1, 0.15) is 16.6 Å². The molecule has 0 fully saturated rings. The highest BCUT2D eigenvalue weighted by atomic mass is 32.2. The molecule has 0 aromatic heterocycles. The molecule has 0 bridgehead atoms. The van der Waals surface area contributed by atoms with E-state index in [1.807, 2.05) is 42.5 Å². The highest BCUT2D eigenvalue weighted by Gasteiger charge is 2.20. The van der Waals surface area contributed by atoms with Crippen LogP contribution in [-0.4, -0.2) is 33.9 Å². The molecule has 4 rings (SSSR count). The highest BCUT2D eigenvalue weighted by Crippen LogP contribution is 2.23. The van der Waals surface area contributed by atoms with Gasteiger partial charge in [-0.25, -0.2) is 0 Å². The van der Waals surface area contributed by atoms with Gasteiger partial charge in [-0.3, -0.25) is 14.4 Å². The first-order valence-corrected chi connectivity index (χ1v) is 10.5. The second kappa shape index (κ2) is 8.25. The molecule has 0 radical (unpaired) electrons. The molecule has 5 nitrogen and oxygen atoms in total. The van der Waals surface area contributed by atoms with Crippen molar-refractivity contribution in [2.75, 3.05) is 5.75 Å². The van der Waals surface area contributed by atoms with Gasteiger partial charge in [0.2, 0.25) is 0 Å². The predicted octanol–water partition coefficient (Wildman–Crippen LogP) is 3.61. The van der Waals surface area contributed by atoms with E-state index >= 15 is 0 Å². The Hall–Kier alpha value is -2.86. The van der Waals surface area contributed by atoms with E-state index in [0.29, 0.717) is 37.0 Å². The molecule has 1 aliphatic carbocycles. The average molecular weight is 404 g/mol. The van der Waals surface area contributed by atoms with Crippen molar-refractivity contribution in [3.8, 4) is 0 Å². The number of thioether (sulfide) groups is 1. The van der Waals surface area contributed by atoms with Crippen molar-refractivity contribution < 1.29 is 14.4 Å². The van der Waals surface area contributed by atoms with Crippen LogP contribution in [0, 0.1) is 0 Å². The Kier molecular flexibility index (Phi) is 5.53. The van der Waals surface area contributed by atoms with Gasteiger partial charge < -0.3 is 0 Å². The summed E-state index contributed by atoms with van der Waals surface area (Å²) in [5.74, 6) is 0.764. The second-order valence-electron chi connectivity index (χ2n) is 7.38. The first-order chi connectivity index (χ1) is 14.0. The summed E-state index contributed by atoms with van der Waals surface area (Å²) in [6, 6.07) is 13.3. The summed E-state index contributed by atoms with van der Waals surface area (Å²) in [5.41, 5.74) is 5.36. The number of ketones is 3. The SMILES string of the molecule is CC(=O)CSC1=NN=C(c2cccc(C(=O)Cc3ccc4c(c3)CC(=O)C4)c2)C1. The van der Waals surface area contributed by atoms with Crippen molar-refractivity contribution in [1.29, 1.82) is 0 Å². The van der Waals surface area contributed by atoms with E-state index in [1.54, 1.807) is 6.92 Å². The van der Waals surface area contributed by atoms with Gasteiger partial charge in [0.15, 0.2) is 5.78 Å². The van der Waals surface area contributed by atoms with Crippen LogP contribution in [0.2, 0.25) is 0 Å². The van der Waals surface area contributed by atoms with Gasteiger partial charge in [0, 0.05) is 31.2 Å². The topological polar surface area (TPSA) is 75.9 Å². The van der Waals surface area contributed by atoms with Gasteiger partial charge >= 0.3 is 0 Å². The van der Waals surface area contributed by atoms with E-state index < -0.39 is 0 Å². The standard InChI is InChI=1S/C23H20N2O3S/c1-14(26)13-29-23-12-21(24-25-23)17-3-2-4-18(9-17)22(28)8-15-5-6-16-10-20(27)11-19(16)7-15/h2-7,9H,8,10-13H2,1H3. The molecular formula is C23H20N2O3S. The minimum atomic E-state index is 0.0295. The number of fused-ring (bicyclic) bond motifs is 1. The molecule has 146 valence electrons. The molecular weight excluding hydrogens is 384 g/mol. The lowest BCUT2D eigenvalue weighted by Gasteiger charge is -2.07. The van der Waals surface area contributed by atoms with Gasteiger partial charge in [0.25, 0.3) is 0 Å². The smallest absolute Gasteiger partial charge is 0.167 e. The van der Waals surface area contributed by atoms with Gasteiger partial charge in [-0.15, -0.1) is 16.9 Å². The summed E-state index contributed by atoms with van der Waals surface area (Å²) < 4.78 is 0. The molecule has 0 atom stereocenters. The van der Waals surface area contributed by atoms with E-state index in [2.05, 4.69) is 10.2 Å². The molecule has 6 heteroatoms. The molecule has 0 spiro atoms. The Morgan fingerprint density at radius 3 is 2.66 bits per heavy atom. The Morgan fingerprint density at radius 2 is 1.83 bits per heavy atom. The fourth-order valence-corrected chi connectivity index (χ4v) is 4.24. The van der Waals surface area contributed by atoms with Crippen LogP contribution in [-0.2, 0) is 28.9 Å². The van der Waals surface area contributed by atoms with Crippen LogP contribution >= 0.6 is 11.8 Å². The minimum absolute atomic E-state index is 0.0295. The lowest BCUT2D eigenvalue weighted by Crippen LogP contribution is -2.08. The van der Waals surface area contributed by atoms with Gasteiger partial charge in [0.05, 0.1) is 11.5 Å². The maximum absolute atomic E-state index is 12.8. The Labute approximate surface area is 173 Å². The molecule has 2 aromatic rings.